The minimum absolute atomic E-state index is 0.0115. The van der Waals surface area contributed by atoms with Gasteiger partial charge in [-0.15, -0.1) is 0 Å². The van der Waals surface area contributed by atoms with E-state index in [9.17, 15) is 0 Å². The second-order valence-corrected chi connectivity index (χ2v) is 22.2. The molecule has 0 N–H and O–H groups in total. The van der Waals surface area contributed by atoms with Gasteiger partial charge < -0.3 is 0 Å². The van der Waals surface area contributed by atoms with E-state index in [0.717, 1.165) is 11.1 Å². The van der Waals surface area contributed by atoms with Crippen molar-refractivity contribution in [1.29, 1.82) is 0 Å². The molecule has 0 heterocycles. The second-order valence-electron chi connectivity index (χ2n) is 22.2. The summed E-state index contributed by atoms with van der Waals surface area (Å²) in [5, 5.41) is 0. The van der Waals surface area contributed by atoms with E-state index >= 15 is 0 Å². The molecule has 0 spiro atoms. The minimum Gasteiger partial charge on any atom is -0.0622 e. The van der Waals surface area contributed by atoms with E-state index in [-0.39, 0.29) is 11.8 Å². The molecule has 0 radical (unpaired) electrons. The van der Waals surface area contributed by atoms with Crippen LogP contribution in [0, 0.1) is 0 Å². The topological polar surface area (TPSA) is 0 Å². The Morgan fingerprint density at radius 3 is 0.829 bits per heavy atom. The van der Waals surface area contributed by atoms with Gasteiger partial charge in [-0.05, 0) is 147 Å². The van der Waals surface area contributed by atoms with Crippen molar-refractivity contribution in [3.05, 3.63) is 418 Å². The fraction of sp³-hybridized carbons (Fsp3) is 0.0488. The van der Waals surface area contributed by atoms with Gasteiger partial charge in [0.1, 0.15) is 0 Å². The molecule has 15 rings (SSSR count). The Kier molecular flexibility index (Phi) is 12.2. The molecular weight excluding hydrogens is 985 g/mol. The molecule has 2 aliphatic carbocycles. The summed E-state index contributed by atoms with van der Waals surface area (Å²) < 4.78 is 0. The first-order valence-corrected chi connectivity index (χ1v) is 28.8. The molecule has 0 bridgehead atoms. The lowest BCUT2D eigenvalue weighted by molar-refractivity contribution is 0.745. The molecule has 82 heavy (non-hydrogen) atoms. The summed E-state index contributed by atoms with van der Waals surface area (Å²) in [5.74, 6) is 0.144. The van der Waals surface area contributed by atoms with Crippen LogP contribution in [0.15, 0.2) is 340 Å². The lowest BCUT2D eigenvalue weighted by Gasteiger charge is -2.37. The zero-order chi connectivity index (χ0) is 54.5. The van der Waals surface area contributed by atoms with Gasteiger partial charge in [-0.25, -0.2) is 0 Å². The van der Waals surface area contributed by atoms with Gasteiger partial charge in [0.2, 0.25) is 0 Å². The van der Waals surface area contributed by atoms with Crippen LogP contribution >= 0.6 is 0 Å². The summed E-state index contributed by atoms with van der Waals surface area (Å²) in [6.07, 6.45) is 0. The van der Waals surface area contributed by atoms with Crippen LogP contribution in [0.25, 0.3) is 44.5 Å². The van der Waals surface area contributed by atoms with E-state index in [1.807, 2.05) is 0 Å². The molecule has 386 valence electrons. The van der Waals surface area contributed by atoms with Crippen LogP contribution < -0.4 is 0 Å². The average Bonchev–Trinajstić information content (AvgIpc) is 3.36. The van der Waals surface area contributed by atoms with Crippen molar-refractivity contribution in [1.82, 2.24) is 0 Å². The molecule has 1 atom stereocenters. The third-order valence-electron chi connectivity index (χ3n) is 17.9. The first kappa shape index (κ1) is 48.9. The number of hydrogen-bond acceptors (Lipinski definition) is 0. The fourth-order valence-electron chi connectivity index (χ4n) is 14.4. The first-order chi connectivity index (χ1) is 40.7. The van der Waals surface area contributed by atoms with Gasteiger partial charge in [-0.1, -0.05) is 315 Å². The van der Waals surface area contributed by atoms with Gasteiger partial charge in [0.15, 0.2) is 0 Å². The quantitative estimate of drug-likeness (QED) is 0.107. The summed E-state index contributed by atoms with van der Waals surface area (Å²) in [6.45, 7) is 0. The summed E-state index contributed by atoms with van der Waals surface area (Å²) in [4.78, 5) is 0. The van der Waals surface area contributed by atoms with E-state index < -0.39 is 10.8 Å². The van der Waals surface area contributed by atoms with Crippen molar-refractivity contribution in [3.8, 4) is 44.5 Å². The van der Waals surface area contributed by atoms with E-state index in [1.165, 1.54) is 111 Å². The molecule has 0 saturated heterocycles. The number of rotatable bonds is 12. The fourth-order valence-corrected chi connectivity index (χ4v) is 14.4. The van der Waals surface area contributed by atoms with Crippen LogP contribution in [0.1, 0.15) is 89.7 Å². The second kappa shape index (κ2) is 20.5. The zero-order valence-electron chi connectivity index (χ0n) is 45.5. The predicted molar refractivity (Wildman–Crippen MR) is 340 cm³/mol. The van der Waals surface area contributed by atoms with Crippen LogP contribution in [0.4, 0.5) is 0 Å². The van der Waals surface area contributed by atoms with Crippen LogP contribution in [0.2, 0.25) is 0 Å². The van der Waals surface area contributed by atoms with E-state index in [0.29, 0.717) is 0 Å². The summed E-state index contributed by atoms with van der Waals surface area (Å²) in [5.41, 5.74) is 26.5. The number of benzene rings is 13. The Balaban J connectivity index is 0.960. The normalized spacial score (nSPS) is 13.4. The molecule has 0 nitrogen and oxygen atoms in total. The highest BCUT2D eigenvalue weighted by molar-refractivity contribution is 5.86. The van der Waals surface area contributed by atoms with Crippen molar-refractivity contribution in [2.24, 2.45) is 0 Å². The van der Waals surface area contributed by atoms with Gasteiger partial charge >= 0.3 is 0 Å². The molecule has 0 aliphatic heterocycles. The molecule has 0 fully saturated rings. The van der Waals surface area contributed by atoms with E-state index in [2.05, 4.69) is 340 Å². The molecule has 1 unspecified atom stereocenters. The van der Waals surface area contributed by atoms with Crippen molar-refractivity contribution in [3.63, 3.8) is 0 Å². The van der Waals surface area contributed by atoms with Crippen LogP contribution in [-0.4, -0.2) is 0 Å². The Labute approximate surface area is 482 Å². The lowest BCUT2D eigenvalue weighted by Crippen LogP contribution is -2.31. The zero-order valence-corrected chi connectivity index (χ0v) is 45.5. The van der Waals surface area contributed by atoms with E-state index in [1.54, 1.807) is 0 Å². The summed E-state index contributed by atoms with van der Waals surface area (Å²) in [6, 6.07) is 127. The smallest absolute Gasteiger partial charge is 0.0622 e. The van der Waals surface area contributed by atoms with Crippen molar-refractivity contribution < 1.29 is 0 Å². The standard InChI is InChI=1S/C82H58/c1-7-29-63(30-8-1)81(64-31-9-2-10-32-64,65-33-11-3-12-34-65)69-41-25-27-57(54-69)60-51-61(58-28-26-42-70(55-58)82(66-35-13-4-14-36-66,67-37-15-5-16-38-67)68-39-17-6-18-40-68)53-62(52-60)80-76-48-24-21-45-73(76)78-56-59(49-50-77(78)80)79-74-46-22-19-43-71(74)72-44-20-23-47-75(72)79/h1-56,79-80H. The lowest BCUT2D eigenvalue weighted by atomic mass is 9.64. The van der Waals surface area contributed by atoms with Gasteiger partial charge in [0, 0.05) is 11.8 Å². The van der Waals surface area contributed by atoms with Crippen molar-refractivity contribution in [2.75, 3.05) is 0 Å². The monoisotopic (exact) mass is 1040 g/mol. The largest absolute Gasteiger partial charge is 0.0701 e. The Morgan fingerprint density at radius 1 is 0.171 bits per heavy atom. The van der Waals surface area contributed by atoms with E-state index in [4.69, 9.17) is 0 Å². The average molecular weight is 1040 g/mol. The predicted octanol–water partition coefficient (Wildman–Crippen LogP) is 20.1. The Hall–Kier alpha value is -10.1. The molecule has 2 aliphatic rings. The van der Waals surface area contributed by atoms with Gasteiger partial charge in [-0.3, -0.25) is 0 Å². The van der Waals surface area contributed by atoms with Crippen LogP contribution in [0.5, 0.6) is 0 Å². The summed E-state index contributed by atoms with van der Waals surface area (Å²) in [7, 11) is 0. The van der Waals surface area contributed by atoms with Gasteiger partial charge in [0.25, 0.3) is 0 Å². The van der Waals surface area contributed by atoms with Crippen molar-refractivity contribution >= 4 is 0 Å². The molecule has 0 heteroatoms. The molecular formula is C82H58. The summed E-state index contributed by atoms with van der Waals surface area (Å²) >= 11 is 0. The SMILES string of the molecule is c1ccc(C(c2ccccc2)(c2ccccc2)c2cccc(-c3cc(-c4cccc(C(c5ccccc5)(c5ccccc5)c5ccccc5)c4)cc(C4c5ccccc5-c5cc(C6c7ccccc7-c7ccccc76)ccc54)c3)c2)cc1. The highest BCUT2D eigenvalue weighted by atomic mass is 14.4. The Morgan fingerprint density at radius 2 is 0.463 bits per heavy atom. The van der Waals surface area contributed by atoms with Gasteiger partial charge in [-0.2, -0.15) is 0 Å². The highest BCUT2D eigenvalue weighted by Crippen LogP contribution is 2.54. The first-order valence-electron chi connectivity index (χ1n) is 28.8. The molecule has 13 aromatic rings. The maximum atomic E-state index is 2.52. The maximum absolute atomic E-state index is 2.52. The van der Waals surface area contributed by atoms with Gasteiger partial charge in [0.05, 0.1) is 10.8 Å². The van der Waals surface area contributed by atoms with Crippen LogP contribution in [-0.2, 0) is 10.8 Å². The number of fused-ring (bicyclic) bond motifs is 6. The Bertz CT molecular complexity index is 4000. The molecule has 13 aromatic carbocycles. The minimum atomic E-state index is -0.606. The molecule has 0 aromatic heterocycles. The van der Waals surface area contributed by atoms with Crippen molar-refractivity contribution in [2.45, 2.75) is 22.7 Å². The highest BCUT2D eigenvalue weighted by Gasteiger charge is 2.41. The third-order valence-corrected chi connectivity index (χ3v) is 17.9. The molecule has 0 amide bonds. The third kappa shape index (κ3) is 7.97. The number of hydrogen-bond donors (Lipinski definition) is 0. The molecule has 0 saturated carbocycles. The van der Waals surface area contributed by atoms with Crippen LogP contribution in [0.3, 0.4) is 0 Å². The maximum Gasteiger partial charge on any atom is 0.0701 e.